The van der Waals surface area contributed by atoms with Crippen molar-refractivity contribution in [2.24, 2.45) is 4.99 Å². The normalized spacial score (nSPS) is 15.8. The molecule has 3 rings (SSSR count). The van der Waals surface area contributed by atoms with Crippen LogP contribution in [-0.4, -0.2) is 19.3 Å². The first-order valence-corrected chi connectivity index (χ1v) is 9.93. The van der Waals surface area contributed by atoms with E-state index in [0.717, 1.165) is 18.7 Å². The number of rotatable bonds is 6. The second-order valence-corrected chi connectivity index (χ2v) is 6.68. The van der Waals surface area contributed by atoms with E-state index in [1.165, 1.54) is 28.0 Å². The van der Waals surface area contributed by atoms with Gasteiger partial charge in [-0.1, -0.05) is 60.7 Å². The average Bonchev–Trinajstić information content (AvgIpc) is 2.73. The fourth-order valence-electron chi connectivity index (χ4n) is 3.36. The van der Waals surface area contributed by atoms with Crippen molar-refractivity contribution < 1.29 is 0 Å². The minimum Gasteiger partial charge on any atom is -0.348 e. The van der Waals surface area contributed by atoms with Crippen molar-refractivity contribution in [3.63, 3.8) is 0 Å². The maximum absolute atomic E-state index is 4.34. The Bertz CT molecular complexity index is 958. The molecule has 0 amide bonds. The van der Waals surface area contributed by atoms with Gasteiger partial charge in [0.15, 0.2) is 0 Å². The first-order valence-electron chi connectivity index (χ1n) is 9.93. The number of aliphatic imine (C=N–C) groups is 1. The van der Waals surface area contributed by atoms with E-state index in [1.54, 1.807) is 0 Å². The Labute approximate surface area is 168 Å². The van der Waals surface area contributed by atoms with Crippen molar-refractivity contribution in [3.8, 4) is 0 Å². The van der Waals surface area contributed by atoms with Crippen molar-refractivity contribution in [1.29, 1.82) is 0 Å². The molecule has 0 radical (unpaired) electrons. The molecule has 1 aliphatic heterocycles. The van der Waals surface area contributed by atoms with Crippen LogP contribution in [0.3, 0.4) is 0 Å². The summed E-state index contributed by atoms with van der Waals surface area (Å²) in [4.78, 5) is 6.62. The highest BCUT2D eigenvalue weighted by atomic mass is 15.1. The molecule has 0 saturated heterocycles. The highest BCUT2D eigenvalue weighted by Gasteiger charge is 2.13. The number of hydrogen-bond acceptors (Lipinski definition) is 2. The van der Waals surface area contributed by atoms with Crippen LogP contribution in [0.1, 0.15) is 30.5 Å². The van der Waals surface area contributed by atoms with Gasteiger partial charge in [-0.05, 0) is 61.3 Å². The Morgan fingerprint density at radius 2 is 1.82 bits per heavy atom. The van der Waals surface area contributed by atoms with Gasteiger partial charge in [0.05, 0.1) is 0 Å². The summed E-state index contributed by atoms with van der Waals surface area (Å²) in [6.45, 7) is 8.12. The highest BCUT2D eigenvalue weighted by Crippen LogP contribution is 2.32. The van der Waals surface area contributed by atoms with Crippen LogP contribution in [0.15, 0.2) is 90.1 Å². The van der Waals surface area contributed by atoms with Crippen LogP contribution < -0.4 is 4.90 Å². The van der Waals surface area contributed by atoms with Crippen molar-refractivity contribution >= 4 is 23.0 Å². The van der Waals surface area contributed by atoms with Gasteiger partial charge < -0.3 is 4.90 Å². The molecule has 1 heterocycles. The maximum Gasteiger partial charge on any atom is 0.0485 e. The largest absolute Gasteiger partial charge is 0.348 e. The Kier molecular flexibility index (Phi) is 6.80. The zero-order valence-electron chi connectivity index (χ0n) is 17.0. The van der Waals surface area contributed by atoms with E-state index in [1.807, 2.05) is 13.1 Å². The first kappa shape index (κ1) is 19.6. The molecule has 0 unspecified atom stereocenters. The number of aryl methyl sites for hydroxylation is 1. The lowest BCUT2D eigenvalue weighted by Crippen LogP contribution is -2.18. The number of hydrogen-bond donors (Lipinski definition) is 0. The number of para-hydroxylation sites is 1. The SMILES string of the molecule is CC/N=C/C=C(/C=C\C=C1/C=CN(CC)c2ccccc21)c1ccccc1C. The van der Waals surface area contributed by atoms with Gasteiger partial charge in [0, 0.05) is 36.8 Å². The molecule has 0 aliphatic carbocycles. The molecule has 2 aromatic rings. The summed E-state index contributed by atoms with van der Waals surface area (Å²) < 4.78 is 0. The molecule has 2 nitrogen and oxygen atoms in total. The molecule has 0 saturated carbocycles. The molecule has 0 atom stereocenters. The van der Waals surface area contributed by atoms with Gasteiger partial charge in [0.25, 0.3) is 0 Å². The molecular formula is C26H28N2. The topological polar surface area (TPSA) is 15.6 Å². The lowest BCUT2D eigenvalue weighted by molar-refractivity contribution is 1.01. The van der Waals surface area contributed by atoms with Crippen LogP contribution in [0.5, 0.6) is 0 Å². The summed E-state index contributed by atoms with van der Waals surface area (Å²) in [6.07, 6.45) is 14.8. The molecule has 0 bridgehead atoms. The predicted molar refractivity (Wildman–Crippen MR) is 124 cm³/mol. The van der Waals surface area contributed by atoms with Gasteiger partial charge >= 0.3 is 0 Å². The van der Waals surface area contributed by atoms with Crippen LogP contribution in [0.4, 0.5) is 5.69 Å². The molecule has 2 heteroatoms. The van der Waals surface area contributed by atoms with E-state index in [9.17, 15) is 0 Å². The quantitative estimate of drug-likeness (QED) is 0.422. The summed E-state index contributed by atoms with van der Waals surface area (Å²) >= 11 is 0. The van der Waals surface area contributed by atoms with Gasteiger partial charge in [-0.3, -0.25) is 4.99 Å². The standard InChI is InChI=1S/C26H28N2/c1-4-27-19-17-22(24-14-7-6-11-21(24)3)12-10-13-23-18-20-28(5-2)26-16-9-8-15-25(23)26/h6-20H,4-5H2,1-3H3/b12-10-,22-17-,23-13+,27-19+. The Morgan fingerprint density at radius 3 is 2.61 bits per heavy atom. The summed E-state index contributed by atoms with van der Waals surface area (Å²) in [5, 5.41) is 0. The predicted octanol–water partition coefficient (Wildman–Crippen LogP) is 6.46. The van der Waals surface area contributed by atoms with Gasteiger partial charge in [-0.25, -0.2) is 0 Å². The second-order valence-electron chi connectivity index (χ2n) is 6.68. The van der Waals surface area contributed by atoms with Crippen LogP contribution in [0.2, 0.25) is 0 Å². The van der Waals surface area contributed by atoms with E-state index in [0.29, 0.717) is 0 Å². The maximum atomic E-state index is 4.34. The molecule has 142 valence electrons. The second kappa shape index (κ2) is 9.70. The third-order valence-electron chi connectivity index (χ3n) is 4.85. The zero-order valence-corrected chi connectivity index (χ0v) is 17.0. The fourth-order valence-corrected chi connectivity index (χ4v) is 3.36. The number of nitrogens with zero attached hydrogens (tertiary/aromatic N) is 2. The third kappa shape index (κ3) is 4.58. The van der Waals surface area contributed by atoms with Crippen molar-refractivity contribution in [2.75, 3.05) is 18.0 Å². The van der Waals surface area contributed by atoms with Crippen molar-refractivity contribution in [1.82, 2.24) is 0 Å². The van der Waals surface area contributed by atoms with Crippen LogP contribution in [-0.2, 0) is 0 Å². The Hall–Kier alpha value is -3.13. The molecule has 2 aromatic carbocycles. The molecule has 0 spiro atoms. The van der Waals surface area contributed by atoms with E-state index < -0.39 is 0 Å². The van der Waals surface area contributed by atoms with Gasteiger partial charge in [0.2, 0.25) is 0 Å². The lowest BCUT2D eigenvalue weighted by atomic mass is 9.98. The van der Waals surface area contributed by atoms with Gasteiger partial charge in [0.1, 0.15) is 0 Å². The van der Waals surface area contributed by atoms with E-state index in [2.05, 4.69) is 109 Å². The van der Waals surface area contributed by atoms with E-state index in [4.69, 9.17) is 0 Å². The number of anilines is 1. The Balaban J connectivity index is 1.93. The van der Waals surface area contributed by atoms with Crippen LogP contribution in [0.25, 0.3) is 11.1 Å². The zero-order chi connectivity index (χ0) is 19.8. The van der Waals surface area contributed by atoms with E-state index >= 15 is 0 Å². The summed E-state index contributed by atoms with van der Waals surface area (Å²) in [5.41, 5.74) is 7.41. The smallest absolute Gasteiger partial charge is 0.0485 e. The minimum absolute atomic E-state index is 0.792. The summed E-state index contributed by atoms with van der Waals surface area (Å²) in [5.74, 6) is 0. The Morgan fingerprint density at radius 1 is 1.04 bits per heavy atom. The molecule has 0 N–H and O–H groups in total. The monoisotopic (exact) mass is 368 g/mol. The van der Waals surface area contributed by atoms with Crippen LogP contribution >= 0.6 is 0 Å². The number of benzene rings is 2. The van der Waals surface area contributed by atoms with Crippen molar-refractivity contribution in [3.05, 3.63) is 102 Å². The molecule has 1 aliphatic rings. The van der Waals surface area contributed by atoms with Gasteiger partial charge in [-0.15, -0.1) is 0 Å². The first-order chi connectivity index (χ1) is 13.7. The van der Waals surface area contributed by atoms with Crippen molar-refractivity contribution in [2.45, 2.75) is 20.8 Å². The fraction of sp³-hybridized carbons (Fsp3) is 0.192. The molecule has 28 heavy (non-hydrogen) atoms. The van der Waals surface area contributed by atoms with Crippen LogP contribution in [0, 0.1) is 6.92 Å². The van der Waals surface area contributed by atoms with Gasteiger partial charge in [-0.2, -0.15) is 0 Å². The number of fused-ring (bicyclic) bond motifs is 1. The summed E-state index contributed by atoms with van der Waals surface area (Å²) in [6, 6.07) is 17.0. The highest BCUT2D eigenvalue weighted by molar-refractivity contribution is 5.90. The molecule has 0 fully saturated rings. The number of allylic oxidation sites excluding steroid dienone is 7. The average molecular weight is 369 g/mol. The minimum atomic E-state index is 0.792. The third-order valence-corrected chi connectivity index (χ3v) is 4.85. The lowest BCUT2D eigenvalue weighted by Gasteiger charge is -2.26. The summed E-state index contributed by atoms with van der Waals surface area (Å²) in [7, 11) is 0. The van der Waals surface area contributed by atoms with E-state index in [-0.39, 0.29) is 0 Å². The molecule has 0 aromatic heterocycles. The molecular weight excluding hydrogens is 340 g/mol.